The lowest BCUT2D eigenvalue weighted by molar-refractivity contribution is -0.689. The van der Waals surface area contributed by atoms with Crippen LogP contribution < -0.4 is 15.0 Å². The normalized spacial score (nSPS) is 10.9. The van der Waals surface area contributed by atoms with Crippen LogP contribution in [0.3, 0.4) is 0 Å². The third kappa shape index (κ3) is 3.45. The molecule has 1 N–H and O–H groups in total. The molecule has 0 bridgehead atoms. The smallest absolute Gasteiger partial charge is 0.348 e. The Hall–Kier alpha value is -2.74. The van der Waals surface area contributed by atoms with Crippen molar-refractivity contribution < 1.29 is 14.1 Å². The van der Waals surface area contributed by atoms with Gasteiger partial charge in [0.1, 0.15) is 9.71 Å². The number of aryl methyl sites for hydroxylation is 1. The number of esters is 1. The van der Waals surface area contributed by atoms with Crippen LogP contribution in [0.15, 0.2) is 29.3 Å². The van der Waals surface area contributed by atoms with Gasteiger partial charge in [0.15, 0.2) is 18.2 Å². The van der Waals surface area contributed by atoms with Crippen molar-refractivity contribution in [2.24, 2.45) is 0 Å². The number of pyridine rings is 1. The fraction of sp³-hybridized carbons (Fsp3) is 0.333. The summed E-state index contributed by atoms with van der Waals surface area (Å²) in [5.74, 6) is 0.129. The molecule has 8 heteroatoms. The third-order valence-corrected chi connectivity index (χ3v) is 5.20. The Morgan fingerprint density at radius 1 is 1.35 bits per heavy atom. The van der Waals surface area contributed by atoms with Crippen molar-refractivity contribution >= 4 is 33.2 Å². The van der Waals surface area contributed by atoms with Gasteiger partial charge in [0, 0.05) is 31.9 Å². The number of rotatable bonds is 5. The minimum atomic E-state index is -0.414. The van der Waals surface area contributed by atoms with Crippen molar-refractivity contribution in [3.63, 3.8) is 0 Å². The lowest BCUT2D eigenvalue weighted by Gasteiger charge is -2.10. The maximum atomic E-state index is 12.5. The standard InChI is InChI=1S/C18H20N4O3S/c1-5-25-18(24)15-11(2)14-16(23)19-13(20-17(14)26-15)10-22-8-6-12(7-9-22)21(3)4/h6-9H,5,10H2,1-4H3/p+1. The summed E-state index contributed by atoms with van der Waals surface area (Å²) in [6, 6.07) is 3.98. The molecule has 0 atom stereocenters. The van der Waals surface area contributed by atoms with E-state index in [9.17, 15) is 9.59 Å². The molecule has 3 heterocycles. The van der Waals surface area contributed by atoms with Crippen LogP contribution >= 0.6 is 11.3 Å². The SMILES string of the molecule is CCOC(=O)c1sc2nc(C[n+]3ccc(N(C)C)cc3)[nH]c(=O)c2c1C. The monoisotopic (exact) mass is 373 g/mol. The van der Waals surface area contributed by atoms with Gasteiger partial charge < -0.3 is 14.6 Å². The number of aromatic nitrogens is 3. The molecule has 0 amide bonds. The summed E-state index contributed by atoms with van der Waals surface area (Å²) >= 11 is 1.20. The largest absolute Gasteiger partial charge is 0.462 e. The summed E-state index contributed by atoms with van der Waals surface area (Å²) in [6.07, 6.45) is 3.87. The number of aromatic amines is 1. The number of carbonyl (C=O) groups is 1. The fourth-order valence-electron chi connectivity index (χ4n) is 2.68. The molecule has 0 radical (unpaired) electrons. The van der Waals surface area contributed by atoms with E-state index in [4.69, 9.17) is 4.74 Å². The molecule has 3 rings (SSSR count). The molecule has 0 saturated heterocycles. The van der Waals surface area contributed by atoms with Gasteiger partial charge in [-0.05, 0) is 19.4 Å². The highest BCUT2D eigenvalue weighted by atomic mass is 32.1. The second kappa shape index (κ2) is 7.25. The first-order chi connectivity index (χ1) is 12.4. The van der Waals surface area contributed by atoms with Crippen LogP contribution in [0.1, 0.15) is 28.0 Å². The van der Waals surface area contributed by atoms with Crippen LogP contribution in [0.4, 0.5) is 5.69 Å². The van der Waals surface area contributed by atoms with Crippen molar-refractivity contribution in [2.75, 3.05) is 25.6 Å². The summed E-state index contributed by atoms with van der Waals surface area (Å²) in [6.45, 7) is 4.23. The van der Waals surface area contributed by atoms with Gasteiger partial charge in [0.25, 0.3) is 5.56 Å². The number of H-pyrrole nitrogens is 1. The summed E-state index contributed by atoms with van der Waals surface area (Å²) in [4.78, 5) is 34.9. The Labute approximate surface area is 154 Å². The summed E-state index contributed by atoms with van der Waals surface area (Å²) in [5, 5.41) is 0.453. The van der Waals surface area contributed by atoms with Gasteiger partial charge in [-0.25, -0.2) is 9.78 Å². The first-order valence-corrected chi connectivity index (χ1v) is 9.08. The van der Waals surface area contributed by atoms with Gasteiger partial charge in [-0.15, -0.1) is 11.3 Å². The van der Waals surface area contributed by atoms with E-state index in [1.807, 2.05) is 48.1 Å². The first-order valence-electron chi connectivity index (χ1n) is 8.26. The van der Waals surface area contributed by atoms with E-state index in [0.29, 0.717) is 39.6 Å². The zero-order valence-electron chi connectivity index (χ0n) is 15.2. The number of ether oxygens (including phenoxy) is 1. The minimum absolute atomic E-state index is 0.236. The molecule has 0 spiro atoms. The molecule has 0 aromatic carbocycles. The fourth-order valence-corrected chi connectivity index (χ4v) is 3.78. The van der Waals surface area contributed by atoms with Gasteiger partial charge in [-0.2, -0.15) is 4.57 Å². The van der Waals surface area contributed by atoms with Gasteiger partial charge in [0.2, 0.25) is 6.54 Å². The molecule has 0 aliphatic carbocycles. The van der Waals surface area contributed by atoms with Crippen molar-refractivity contribution in [3.05, 3.63) is 51.1 Å². The molecule has 0 saturated carbocycles. The van der Waals surface area contributed by atoms with Crippen LogP contribution in [0.5, 0.6) is 0 Å². The quantitative estimate of drug-likeness (QED) is 0.546. The van der Waals surface area contributed by atoms with Crippen molar-refractivity contribution in [1.29, 1.82) is 0 Å². The van der Waals surface area contributed by atoms with Crippen LogP contribution in [0.25, 0.3) is 10.2 Å². The van der Waals surface area contributed by atoms with E-state index >= 15 is 0 Å². The highest BCUT2D eigenvalue weighted by Crippen LogP contribution is 2.27. The van der Waals surface area contributed by atoms with Crippen molar-refractivity contribution in [3.8, 4) is 0 Å². The number of thiophene rings is 1. The van der Waals surface area contributed by atoms with E-state index in [2.05, 4.69) is 9.97 Å². The predicted octanol–water partition coefficient (Wildman–Crippen LogP) is 1.87. The Bertz CT molecular complexity index is 1010. The number of nitrogens with one attached hydrogen (secondary N) is 1. The van der Waals surface area contributed by atoms with Crippen LogP contribution in [0.2, 0.25) is 0 Å². The Balaban J connectivity index is 1.95. The number of hydrogen-bond acceptors (Lipinski definition) is 6. The summed E-state index contributed by atoms with van der Waals surface area (Å²) < 4.78 is 6.99. The number of carbonyl (C=O) groups excluding carboxylic acids is 1. The van der Waals surface area contributed by atoms with Gasteiger partial charge >= 0.3 is 5.97 Å². The molecule has 3 aromatic rings. The van der Waals surface area contributed by atoms with Crippen LogP contribution in [-0.4, -0.2) is 36.6 Å². The van der Waals surface area contributed by atoms with E-state index in [1.165, 1.54) is 11.3 Å². The second-order valence-corrected chi connectivity index (χ2v) is 7.09. The van der Waals surface area contributed by atoms with Gasteiger partial charge in [0.05, 0.1) is 12.0 Å². The number of nitrogens with zero attached hydrogens (tertiary/aromatic N) is 3. The molecule has 0 unspecified atom stereocenters. The van der Waals surface area contributed by atoms with Crippen LogP contribution in [0, 0.1) is 6.92 Å². The van der Waals surface area contributed by atoms with E-state index < -0.39 is 5.97 Å². The number of anilines is 1. The summed E-state index contributed by atoms with van der Waals surface area (Å²) in [5.41, 5.74) is 1.47. The first kappa shape index (κ1) is 18.1. The topological polar surface area (TPSA) is 79.2 Å². The van der Waals surface area contributed by atoms with E-state index in [1.54, 1.807) is 13.8 Å². The Morgan fingerprint density at radius 3 is 2.65 bits per heavy atom. The third-order valence-electron chi connectivity index (χ3n) is 4.03. The van der Waals surface area contributed by atoms with E-state index in [0.717, 1.165) is 5.69 Å². The average molecular weight is 373 g/mol. The van der Waals surface area contributed by atoms with Crippen LogP contribution in [-0.2, 0) is 11.3 Å². The summed E-state index contributed by atoms with van der Waals surface area (Å²) in [7, 11) is 3.96. The zero-order chi connectivity index (χ0) is 18.8. The number of fused-ring (bicyclic) bond motifs is 1. The molecule has 0 aliphatic heterocycles. The number of hydrogen-bond donors (Lipinski definition) is 1. The molecule has 136 valence electrons. The zero-order valence-corrected chi connectivity index (χ0v) is 16.0. The van der Waals surface area contributed by atoms with Crippen molar-refractivity contribution in [2.45, 2.75) is 20.4 Å². The van der Waals surface area contributed by atoms with Gasteiger partial charge in [-0.3, -0.25) is 4.79 Å². The molecular formula is C18H21N4O3S+. The Morgan fingerprint density at radius 2 is 2.04 bits per heavy atom. The molecule has 0 fully saturated rings. The molecule has 0 aliphatic rings. The second-order valence-electron chi connectivity index (χ2n) is 6.09. The molecule has 26 heavy (non-hydrogen) atoms. The average Bonchev–Trinajstić information content (AvgIpc) is 2.93. The lowest BCUT2D eigenvalue weighted by atomic mass is 10.2. The Kier molecular flexibility index (Phi) is 5.03. The molecule has 3 aromatic heterocycles. The highest BCUT2D eigenvalue weighted by molar-refractivity contribution is 7.20. The van der Waals surface area contributed by atoms with Gasteiger partial charge in [-0.1, -0.05) is 0 Å². The minimum Gasteiger partial charge on any atom is -0.462 e. The predicted molar refractivity (Wildman–Crippen MR) is 101 cm³/mol. The maximum Gasteiger partial charge on any atom is 0.348 e. The van der Waals surface area contributed by atoms with E-state index in [-0.39, 0.29) is 5.56 Å². The maximum absolute atomic E-state index is 12.5. The van der Waals surface area contributed by atoms with Crippen molar-refractivity contribution in [1.82, 2.24) is 9.97 Å². The highest BCUT2D eigenvalue weighted by Gasteiger charge is 2.20. The lowest BCUT2D eigenvalue weighted by Crippen LogP contribution is -2.35. The molecular weight excluding hydrogens is 352 g/mol. The molecule has 7 nitrogen and oxygen atoms in total.